The topological polar surface area (TPSA) is 78.5 Å². The van der Waals surface area contributed by atoms with Crippen LogP contribution in [0.25, 0.3) is 0 Å². The zero-order valence-corrected chi connectivity index (χ0v) is 17.9. The number of halogens is 3. The van der Waals surface area contributed by atoms with Gasteiger partial charge in [0.05, 0.1) is 22.5 Å². The smallest absolute Gasteiger partial charge is 0.375 e. The van der Waals surface area contributed by atoms with E-state index in [0.717, 1.165) is 10.5 Å². The molecule has 3 aromatic rings. The van der Waals surface area contributed by atoms with Crippen LogP contribution in [0.1, 0.15) is 36.6 Å². The molecule has 3 amide bonds. The number of benzene rings is 3. The van der Waals surface area contributed by atoms with Gasteiger partial charge in [-0.25, -0.2) is 0 Å². The minimum atomic E-state index is -4.42. The summed E-state index contributed by atoms with van der Waals surface area (Å²) in [6, 6.07) is 19.6. The van der Waals surface area contributed by atoms with E-state index in [4.69, 9.17) is 0 Å². The maximum Gasteiger partial charge on any atom is 0.405 e. The van der Waals surface area contributed by atoms with E-state index in [2.05, 4.69) is 10.6 Å². The Kier molecular flexibility index (Phi) is 6.36. The molecule has 0 fully saturated rings. The molecule has 4 rings (SSSR count). The minimum Gasteiger partial charge on any atom is -0.375 e. The van der Waals surface area contributed by atoms with Crippen LogP contribution in [0.3, 0.4) is 0 Å². The van der Waals surface area contributed by atoms with Gasteiger partial charge in [0, 0.05) is 12.1 Å². The van der Waals surface area contributed by atoms with Crippen LogP contribution < -0.4 is 10.6 Å². The first-order chi connectivity index (χ1) is 16.2. The van der Waals surface area contributed by atoms with Crippen molar-refractivity contribution in [2.24, 2.45) is 0 Å². The second-order valence-corrected chi connectivity index (χ2v) is 7.73. The van der Waals surface area contributed by atoms with Crippen molar-refractivity contribution in [3.05, 3.63) is 95.1 Å². The van der Waals surface area contributed by atoms with E-state index in [-0.39, 0.29) is 34.6 Å². The van der Waals surface area contributed by atoms with E-state index < -0.39 is 30.4 Å². The lowest BCUT2D eigenvalue weighted by molar-refractivity contribution is -0.115. The zero-order valence-electron chi connectivity index (χ0n) is 17.9. The number of nitrogens with one attached hydrogen (secondary N) is 2. The summed E-state index contributed by atoms with van der Waals surface area (Å²) in [5, 5.41) is 4.81. The molecular weight excluding hydrogens is 447 g/mol. The van der Waals surface area contributed by atoms with Gasteiger partial charge in [0.25, 0.3) is 17.7 Å². The quantitative estimate of drug-likeness (QED) is 0.492. The Morgan fingerprint density at radius 1 is 0.824 bits per heavy atom. The van der Waals surface area contributed by atoms with Gasteiger partial charge in [-0.15, -0.1) is 0 Å². The normalized spacial score (nSPS) is 13.1. The van der Waals surface area contributed by atoms with Gasteiger partial charge < -0.3 is 10.6 Å². The van der Waals surface area contributed by atoms with E-state index in [1.807, 2.05) is 30.3 Å². The first kappa shape index (κ1) is 23.0. The number of hydrogen-bond donors (Lipinski definition) is 2. The van der Waals surface area contributed by atoms with Crippen molar-refractivity contribution in [2.45, 2.75) is 12.6 Å². The lowest BCUT2D eigenvalue weighted by atomic mass is 10.1. The molecule has 1 heterocycles. The summed E-state index contributed by atoms with van der Waals surface area (Å²) < 4.78 is 37.7. The SMILES string of the molecule is O=C(Nc1ccccc1NCC(F)(F)F)c1ccc2c(c1)C(=O)N(CCc1ccccc1)C2=O. The predicted octanol–water partition coefficient (Wildman–Crippen LogP) is 4.75. The van der Waals surface area contributed by atoms with Crippen LogP contribution in [0.2, 0.25) is 0 Å². The number of anilines is 2. The van der Waals surface area contributed by atoms with Gasteiger partial charge in [0.1, 0.15) is 6.54 Å². The van der Waals surface area contributed by atoms with Crippen LogP contribution in [0, 0.1) is 0 Å². The van der Waals surface area contributed by atoms with Crippen LogP contribution in [0.5, 0.6) is 0 Å². The molecule has 0 bridgehead atoms. The first-order valence-corrected chi connectivity index (χ1v) is 10.5. The summed E-state index contributed by atoms with van der Waals surface area (Å²) in [5.41, 5.74) is 1.68. The Bertz CT molecular complexity index is 1240. The molecule has 0 aliphatic carbocycles. The number of carbonyl (C=O) groups is 3. The summed E-state index contributed by atoms with van der Waals surface area (Å²) in [6.07, 6.45) is -3.92. The molecule has 0 unspecified atom stereocenters. The number of rotatable bonds is 7. The Hall–Kier alpha value is -4.14. The fraction of sp³-hybridized carbons (Fsp3) is 0.160. The number of nitrogens with zero attached hydrogens (tertiary/aromatic N) is 1. The van der Waals surface area contributed by atoms with E-state index in [9.17, 15) is 27.6 Å². The number of alkyl halides is 3. The fourth-order valence-electron chi connectivity index (χ4n) is 3.66. The van der Waals surface area contributed by atoms with Gasteiger partial charge in [-0.2, -0.15) is 13.2 Å². The van der Waals surface area contributed by atoms with Gasteiger partial charge in [0.15, 0.2) is 0 Å². The third-order valence-corrected chi connectivity index (χ3v) is 5.35. The Labute approximate surface area is 193 Å². The van der Waals surface area contributed by atoms with Crippen molar-refractivity contribution in [3.63, 3.8) is 0 Å². The number of fused-ring (bicyclic) bond motifs is 1. The summed E-state index contributed by atoms with van der Waals surface area (Å²) in [5.74, 6) is -1.53. The number of amides is 3. The molecule has 0 saturated carbocycles. The molecule has 2 N–H and O–H groups in total. The van der Waals surface area contributed by atoms with Crippen LogP contribution in [0.4, 0.5) is 24.5 Å². The lowest BCUT2D eigenvalue weighted by Crippen LogP contribution is -2.31. The second-order valence-electron chi connectivity index (χ2n) is 7.73. The van der Waals surface area contributed by atoms with Gasteiger partial charge in [-0.1, -0.05) is 42.5 Å². The predicted molar refractivity (Wildman–Crippen MR) is 121 cm³/mol. The molecule has 0 aromatic heterocycles. The zero-order chi connectivity index (χ0) is 24.3. The molecule has 174 valence electrons. The molecule has 1 aliphatic heterocycles. The second kappa shape index (κ2) is 9.38. The molecule has 0 radical (unpaired) electrons. The molecular formula is C25H20F3N3O3. The average molecular weight is 467 g/mol. The van der Waals surface area contributed by atoms with E-state index >= 15 is 0 Å². The van der Waals surface area contributed by atoms with Crippen molar-refractivity contribution < 1.29 is 27.6 Å². The summed E-state index contributed by atoms with van der Waals surface area (Å²) in [4.78, 5) is 39.5. The summed E-state index contributed by atoms with van der Waals surface area (Å²) >= 11 is 0. The van der Waals surface area contributed by atoms with Gasteiger partial charge in [-0.05, 0) is 42.3 Å². The molecule has 0 spiro atoms. The van der Waals surface area contributed by atoms with Crippen LogP contribution in [-0.4, -0.2) is 41.9 Å². The highest BCUT2D eigenvalue weighted by Gasteiger charge is 2.35. The number of imide groups is 1. The van der Waals surface area contributed by atoms with Gasteiger partial charge in [-0.3, -0.25) is 19.3 Å². The largest absolute Gasteiger partial charge is 0.405 e. The Morgan fingerprint density at radius 3 is 2.18 bits per heavy atom. The Balaban J connectivity index is 1.48. The van der Waals surface area contributed by atoms with E-state index in [1.165, 1.54) is 36.4 Å². The standard InChI is InChI=1S/C25H20F3N3O3/c26-25(27,28)15-29-20-8-4-5-9-21(20)30-22(32)17-10-11-18-19(14-17)24(34)31(23(18)33)13-12-16-6-2-1-3-7-16/h1-11,14,29H,12-13,15H2,(H,30,32). The minimum absolute atomic E-state index is 0.104. The molecule has 0 saturated heterocycles. The molecule has 34 heavy (non-hydrogen) atoms. The van der Waals surface area contributed by atoms with E-state index in [1.54, 1.807) is 6.07 Å². The van der Waals surface area contributed by atoms with Crippen molar-refractivity contribution in [1.29, 1.82) is 0 Å². The number of hydrogen-bond acceptors (Lipinski definition) is 4. The summed E-state index contributed by atoms with van der Waals surface area (Å²) in [6.45, 7) is -1.05. The van der Waals surface area contributed by atoms with Crippen molar-refractivity contribution in [3.8, 4) is 0 Å². The monoisotopic (exact) mass is 467 g/mol. The third kappa shape index (κ3) is 5.09. The highest BCUT2D eigenvalue weighted by molar-refractivity contribution is 6.22. The highest BCUT2D eigenvalue weighted by atomic mass is 19.4. The maximum atomic E-state index is 12.9. The molecule has 0 atom stereocenters. The molecule has 1 aliphatic rings. The first-order valence-electron chi connectivity index (χ1n) is 10.5. The molecule has 9 heteroatoms. The van der Waals surface area contributed by atoms with Crippen molar-refractivity contribution >= 4 is 29.1 Å². The maximum absolute atomic E-state index is 12.9. The Morgan fingerprint density at radius 2 is 1.47 bits per heavy atom. The van der Waals surface area contributed by atoms with Crippen LogP contribution >= 0.6 is 0 Å². The number of carbonyl (C=O) groups excluding carboxylic acids is 3. The average Bonchev–Trinajstić information content (AvgIpc) is 3.06. The van der Waals surface area contributed by atoms with Crippen LogP contribution in [-0.2, 0) is 6.42 Å². The summed E-state index contributed by atoms with van der Waals surface area (Å²) in [7, 11) is 0. The van der Waals surface area contributed by atoms with Gasteiger partial charge >= 0.3 is 6.18 Å². The highest BCUT2D eigenvalue weighted by Crippen LogP contribution is 2.27. The van der Waals surface area contributed by atoms with Crippen molar-refractivity contribution in [1.82, 2.24) is 4.90 Å². The number of para-hydroxylation sites is 2. The fourth-order valence-corrected chi connectivity index (χ4v) is 3.66. The molecule has 3 aromatic carbocycles. The van der Waals surface area contributed by atoms with E-state index in [0.29, 0.717) is 6.42 Å². The van der Waals surface area contributed by atoms with Crippen LogP contribution in [0.15, 0.2) is 72.8 Å². The molecule has 6 nitrogen and oxygen atoms in total. The van der Waals surface area contributed by atoms with Gasteiger partial charge in [0.2, 0.25) is 0 Å². The van der Waals surface area contributed by atoms with Crippen molar-refractivity contribution in [2.75, 3.05) is 23.7 Å². The lowest BCUT2D eigenvalue weighted by Gasteiger charge is -2.14. The third-order valence-electron chi connectivity index (χ3n) is 5.35.